The molecule has 1 N–H and O–H groups in total. The van der Waals surface area contributed by atoms with Crippen LogP contribution in [0.1, 0.15) is 19.3 Å². The molecule has 2 rings (SSSR count). The highest BCUT2D eigenvalue weighted by Gasteiger charge is 2.30. The number of likely N-dealkylation sites (tertiary alicyclic amines) is 1. The summed E-state index contributed by atoms with van der Waals surface area (Å²) in [4.78, 5) is 13.8. The number of aliphatic hydroxyl groups is 1. The molecule has 0 aromatic heterocycles. The number of carbonyl (C=O) groups is 1. The van der Waals surface area contributed by atoms with Crippen LogP contribution < -0.4 is 0 Å². The number of nitrogens with zero attached hydrogens (tertiary/aromatic N) is 1. The maximum absolute atomic E-state index is 11.9. The monoisotopic (exact) mass is 195 g/mol. The van der Waals surface area contributed by atoms with Gasteiger partial charge in [-0.1, -0.05) is 12.2 Å². The van der Waals surface area contributed by atoms with Gasteiger partial charge in [-0.3, -0.25) is 4.79 Å². The van der Waals surface area contributed by atoms with Gasteiger partial charge in [-0.15, -0.1) is 0 Å². The number of amides is 1. The highest BCUT2D eigenvalue weighted by Crippen LogP contribution is 2.24. The van der Waals surface area contributed by atoms with Crippen molar-refractivity contribution in [2.45, 2.75) is 19.3 Å². The zero-order valence-corrected chi connectivity index (χ0v) is 8.35. The fraction of sp³-hybridized carbons (Fsp3) is 0.727. The van der Waals surface area contributed by atoms with Gasteiger partial charge in [0.05, 0.1) is 0 Å². The molecule has 0 aromatic rings. The Bertz CT molecular complexity index is 242. The first kappa shape index (κ1) is 9.71. The van der Waals surface area contributed by atoms with Crippen LogP contribution in [0, 0.1) is 11.8 Å². The molecule has 2 aliphatic rings. The summed E-state index contributed by atoms with van der Waals surface area (Å²) >= 11 is 0. The minimum absolute atomic E-state index is 0.187. The fourth-order valence-electron chi connectivity index (χ4n) is 2.26. The zero-order valence-electron chi connectivity index (χ0n) is 8.35. The Balaban J connectivity index is 1.87. The van der Waals surface area contributed by atoms with Crippen molar-refractivity contribution in [2.24, 2.45) is 11.8 Å². The number of allylic oxidation sites excluding steroid dienone is 2. The van der Waals surface area contributed by atoms with Crippen molar-refractivity contribution in [3.05, 3.63) is 12.2 Å². The summed E-state index contributed by atoms with van der Waals surface area (Å²) in [6.07, 6.45) is 6.94. The molecule has 1 aliphatic carbocycles. The van der Waals surface area contributed by atoms with Crippen LogP contribution in [0.5, 0.6) is 0 Å². The standard InChI is InChI=1S/C11H17NO2/c13-8-9-5-6-12(7-9)11(14)10-3-1-2-4-10/h1-2,9-10,13H,3-8H2. The lowest BCUT2D eigenvalue weighted by atomic mass is 10.1. The lowest BCUT2D eigenvalue weighted by molar-refractivity contribution is -0.134. The van der Waals surface area contributed by atoms with Crippen LogP contribution >= 0.6 is 0 Å². The van der Waals surface area contributed by atoms with Crippen LogP contribution in [0.3, 0.4) is 0 Å². The normalized spacial score (nSPS) is 27.5. The molecule has 1 fully saturated rings. The summed E-state index contributed by atoms with van der Waals surface area (Å²) in [6.45, 7) is 1.80. The Morgan fingerprint density at radius 1 is 1.43 bits per heavy atom. The van der Waals surface area contributed by atoms with Gasteiger partial charge in [0, 0.05) is 31.5 Å². The number of carbonyl (C=O) groups excluding carboxylic acids is 1. The largest absolute Gasteiger partial charge is 0.396 e. The third-order valence-electron chi connectivity index (χ3n) is 3.21. The predicted octanol–water partition coefficient (Wildman–Crippen LogP) is 0.793. The van der Waals surface area contributed by atoms with E-state index >= 15 is 0 Å². The van der Waals surface area contributed by atoms with Gasteiger partial charge < -0.3 is 10.0 Å². The maximum Gasteiger partial charge on any atom is 0.226 e. The van der Waals surface area contributed by atoms with E-state index in [1.807, 2.05) is 4.90 Å². The first-order valence-corrected chi connectivity index (χ1v) is 5.36. The van der Waals surface area contributed by atoms with E-state index in [4.69, 9.17) is 5.11 Å². The SMILES string of the molecule is O=C(C1CC=CC1)N1CCC(CO)C1. The molecule has 3 heteroatoms. The van der Waals surface area contributed by atoms with E-state index in [1.54, 1.807) is 0 Å². The second-order valence-electron chi connectivity index (χ2n) is 4.26. The first-order valence-electron chi connectivity index (χ1n) is 5.36. The summed E-state index contributed by atoms with van der Waals surface area (Å²) in [5, 5.41) is 8.98. The summed E-state index contributed by atoms with van der Waals surface area (Å²) in [5.41, 5.74) is 0. The van der Waals surface area contributed by atoms with Crippen molar-refractivity contribution < 1.29 is 9.90 Å². The van der Waals surface area contributed by atoms with Crippen LogP contribution in [0.4, 0.5) is 0 Å². The molecule has 0 spiro atoms. The average molecular weight is 195 g/mol. The topological polar surface area (TPSA) is 40.5 Å². The van der Waals surface area contributed by atoms with Crippen LogP contribution in [0.2, 0.25) is 0 Å². The molecule has 14 heavy (non-hydrogen) atoms. The molecular weight excluding hydrogens is 178 g/mol. The maximum atomic E-state index is 11.9. The molecule has 0 saturated carbocycles. The quantitative estimate of drug-likeness (QED) is 0.662. The van der Waals surface area contributed by atoms with E-state index in [-0.39, 0.29) is 18.4 Å². The van der Waals surface area contributed by atoms with Gasteiger partial charge in [-0.25, -0.2) is 0 Å². The van der Waals surface area contributed by atoms with Gasteiger partial charge in [0.15, 0.2) is 0 Å². The smallest absolute Gasteiger partial charge is 0.226 e. The molecule has 1 amide bonds. The Labute approximate surface area is 84.4 Å². The summed E-state index contributed by atoms with van der Waals surface area (Å²) < 4.78 is 0. The molecule has 1 aliphatic heterocycles. The van der Waals surface area contributed by atoms with Crippen molar-refractivity contribution in [2.75, 3.05) is 19.7 Å². The molecule has 1 heterocycles. The molecule has 0 bridgehead atoms. The Hall–Kier alpha value is -0.830. The van der Waals surface area contributed by atoms with Crippen LogP contribution in [-0.2, 0) is 4.79 Å². The second-order valence-corrected chi connectivity index (χ2v) is 4.26. The van der Waals surface area contributed by atoms with Crippen molar-refractivity contribution >= 4 is 5.91 Å². The van der Waals surface area contributed by atoms with E-state index in [0.717, 1.165) is 32.4 Å². The number of rotatable bonds is 2. The van der Waals surface area contributed by atoms with E-state index in [0.29, 0.717) is 5.92 Å². The van der Waals surface area contributed by atoms with E-state index < -0.39 is 0 Å². The average Bonchev–Trinajstić information content (AvgIpc) is 2.88. The number of aliphatic hydroxyl groups excluding tert-OH is 1. The fourth-order valence-corrected chi connectivity index (χ4v) is 2.26. The lowest BCUT2D eigenvalue weighted by Gasteiger charge is -2.20. The van der Waals surface area contributed by atoms with Crippen LogP contribution in [0.25, 0.3) is 0 Å². The molecule has 1 atom stereocenters. The lowest BCUT2D eigenvalue weighted by Crippen LogP contribution is -2.33. The van der Waals surface area contributed by atoms with Crippen molar-refractivity contribution in [3.63, 3.8) is 0 Å². The number of hydrogen-bond donors (Lipinski definition) is 1. The molecule has 1 unspecified atom stereocenters. The highest BCUT2D eigenvalue weighted by molar-refractivity contribution is 5.79. The molecule has 1 saturated heterocycles. The van der Waals surface area contributed by atoms with Crippen molar-refractivity contribution in [1.29, 1.82) is 0 Å². The summed E-state index contributed by atoms with van der Waals surface area (Å²) in [5.74, 6) is 0.784. The van der Waals surface area contributed by atoms with E-state index in [1.165, 1.54) is 0 Å². The summed E-state index contributed by atoms with van der Waals surface area (Å²) in [7, 11) is 0. The first-order chi connectivity index (χ1) is 6.81. The van der Waals surface area contributed by atoms with Gasteiger partial charge >= 0.3 is 0 Å². The van der Waals surface area contributed by atoms with E-state index in [9.17, 15) is 4.79 Å². The molecule has 0 aromatic carbocycles. The minimum Gasteiger partial charge on any atom is -0.396 e. The van der Waals surface area contributed by atoms with Crippen molar-refractivity contribution in [3.8, 4) is 0 Å². The predicted molar refractivity (Wildman–Crippen MR) is 53.6 cm³/mol. The molecule has 0 radical (unpaired) electrons. The Morgan fingerprint density at radius 3 is 2.71 bits per heavy atom. The molecular formula is C11H17NO2. The third kappa shape index (κ3) is 1.82. The highest BCUT2D eigenvalue weighted by atomic mass is 16.3. The molecule has 3 nitrogen and oxygen atoms in total. The Morgan fingerprint density at radius 2 is 2.14 bits per heavy atom. The van der Waals surface area contributed by atoms with Gasteiger partial charge in [-0.05, 0) is 19.3 Å². The van der Waals surface area contributed by atoms with Gasteiger partial charge in [0.2, 0.25) is 5.91 Å². The van der Waals surface area contributed by atoms with Gasteiger partial charge in [-0.2, -0.15) is 0 Å². The Kier molecular flexibility index (Phi) is 2.87. The minimum atomic E-state index is 0.187. The summed E-state index contributed by atoms with van der Waals surface area (Å²) in [6, 6.07) is 0. The van der Waals surface area contributed by atoms with Gasteiger partial charge in [0.25, 0.3) is 0 Å². The van der Waals surface area contributed by atoms with Crippen LogP contribution in [-0.4, -0.2) is 35.6 Å². The van der Waals surface area contributed by atoms with Crippen molar-refractivity contribution in [1.82, 2.24) is 4.90 Å². The third-order valence-corrected chi connectivity index (χ3v) is 3.21. The van der Waals surface area contributed by atoms with Crippen LogP contribution in [0.15, 0.2) is 12.2 Å². The van der Waals surface area contributed by atoms with E-state index in [2.05, 4.69) is 12.2 Å². The van der Waals surface area contributed by atoms with Gasteiger partial charge in [0.1, 0.15) is 0 Å². The zero-order chi connectivity index (χ0) is 9.97. The molecule has 78 valence electrons. The second kappa shape index (κ2) is 4.13. The number of hydrogen-bond acceptors (Lipinski definition) is 2.